The average molecular weight is 287 g/mol. The van der Waals surface area contributed by atoms with E-state index >= 15 is 0 Å². The minimum atomic E-state index is -0.0364. The molecule has 1 rings (SSSR count). The monoisotopic (exact) mass is 286 g/mol. The van der Waals surface area contributed by atoms with Gasteiger partial charge in [-0.05, 0) is 36.9 Å². The summed E-state index contributed by atoms with van der Waals surface area (Å²) >= 11 is 7.64. The van der Waals surface area contributed by atoms with Gasteiger partial charge >= 0.3 is 0 Å². The lowest BCUT2D eigenvalue weighted by Crippen LogP contribution is -2.35. The first kappa shape index (κ1) is 15.3. The predicted molar refractivity (Wildman–Crippen MR) is 80.5 cm³/mol. The molecule has 18 heavy (non-hydrogen) atoms. The van der Waals surface area contributed by atoms with E-state index in [9.17, 15) is 4.79 Å². The largest absolute Gasteiger partial charge is 0.325 e. The van der Waals surface area contributed by atoms with Crippen molar-refractivity contribution in [3.8, 4) is 0 Å². The molecule has 1 aromatic carbocycles. The Labute approximate surface area is 118 Å². The summed E-state index contributed by atoms with van der Waals surface area (Å²) in [7, 11) is 0. The van der Waals surface area contributed by atoms with Gasteiger partial charge in [0.25, 0.3) is 0 Å². The Balaban J connectivity index is 2.27. The molecular weight excluding hydrogens is 268 g/mol. The number of anilines is 1. The molecule has 1 aromatic rings. The van der Waals surface area contributed by atoms with Crippen LogP contribution in [0.4, 0.5) is 5.69 Å². The Morgan fingerprint density at radius 3 is 2.67 bits per heavy atom. The van der Waals surface area contributed by atoms with Crippen molar-refractivity contribution < 1.29 is 4.79 Å². The molecule has 1 atom stereocenters. The van der Waals surface area contributed by atoms with Crippen LogP contribution in [0.5, 0.6) is 0 Å². The number of halogens is 1. The Morgan fingerprint density at radius 1 is 1.39 bits per heavy atom. The summed E-state index contributed by atoms with van der Waals surface area (Å²) in [5, 5.41) is 6.67. The highest BCUT2D eigenvalue weighted by molar-refractivity contribution is 7.99. The molecule has 0 bridgehead atoms. The summed E-state index contributed by atoms with van der Waals surface area (Å²) in [6.07, 6.45) is 0. The SMILES string of the molecule is CCSCC(C)NCC(=O)Nc1ccc(Cl)cc1. The summed E-state index contributed by atoms with van der Waals surface area (Å²) in [6.45, 7) is 4.54. The molecule has 3 nitrogen and oxygen atoms in total. The second-order valence-electron chi connectivity index (χ2n) is 4.00. The van der Waals surface area contributed by atoms with E-state index in [1.54, 1.807) is 24.3 Å². The summed E-state index contributed by atoms with van der Waals surface area (Å²) < 4.78 is 0. The molecule has 100 valence electrons. The molecule has 1 unspecified atom stereocenters. The molecule has 0 aromatic heterocycles. The van der Waals surface area contributed by atoms with Crippen LogP contribution in [0.1, 0.15) is 13.8 Å². The minimum absolute atomic E-state index is 0.0364. The summed E-state index contributed by atoms with van der Waals surface area (Å²) in [6, 6.07) is 7.43. The van der Waals surface area contributed by atoms with Crippen LogP contribution in [-0.2, 0) is 4.79 Å². The quantitative estimate of drug-likeness (QED) is 0.810. The second-order valence-corrected chi connectivity index (χ2v) is 5.75. The molecule has 2 N–H and O–H groups in total. The Bertz CT molecular complexity index is 370. The molecule has 0 radical (unpaired) electrons. The van der Waals surface area contributed by atoms with E-state index in [-0.39, 0.29) is 5.91 Å². The number of carbonyl (C=O) groups excluding carboxylic acids is 1. The predicted octanol–water partition coefficient (Wildman–Crippen LogP) is 3.01. The third-order valence-corrected chi connectivity index (χ3v) is 3.71. The van der Waals surface area contributed by atoms with Crippen LogP contribution in [0.3, 0.4) is 0 Å². The van der Waals surface area contributed by atoms with Gasteiger partial charge in [-0.3, -0.25) is 4.79 Å². The standard InChI is InChI=1S/C13H19ClN2OS/c1-3-18-9-10(2)15-8-13(17)16-12-6-4-11(14)5-7-12/h4-7,10,15H,3,8-9H2,1-2H3,(H,16,17). The van der Waals surface area contributed by atoms with Gasteiger partial charge in [-0.25, -0.2) is 0 Å². The second kappa shape index (κ2) is 8.40. The lowest BCUT2D eigenvalue weighted by Gasteiger charge is -2.12. The fourth-order valence-corrected chi connectivity index (χ4v) is 2.19. The summed E-state index contributed by atoms with van der Waals surface area (Å²) in [5.74, 6) is 2.08. The molecule has 1 amide bonds. The number of rotatable bonds is 7. The lowest BCUT2D eigenvalue weighted by molar-refractivity contribution is -0.115. The number of carbonyl (C=O) groups is 1. The molecular formula is C13H19ClN2OS. The third kappa shape index (κ3) is 6.28. The van der Waals surface area contributed by atoms with E-state index in [0.29, 0.717) is 17.6 Å². The van der Waals surface area contributed by atoms with Gasteiger partial charge in [0.1, 0.15) is 0 Å². The smallest absolute Gasteiger partial charge is 0.238 e. The Kier molecular flexibility index (Phi) is 7.16. The van der Waals surface area contributed by atoms with Gasteiger partial charge in [0.2, 0.25) is 5.91 Å². The number of nitrogens with one attached hydrogen (secondary N) is 2. The summed E-state index contributed by atoms with van der Waals surface area (Å²) in [4.78, 5) is 11.7. The number of hydrogen-bond donors (Lipinski definition) is 2. The van der Waals surface area contributed by atoms with Gasteiger partial charge in [0.15, 0.2) is 0 Å². The van der Waals surface area contributed by atoms with Crippen molar-refractivity contribution in [3.05, 3.63) is 29.3 Å². The van der Waals surface area contributed by atoms with E-state index in [2.05, 4.69) is 24.5 Å². The van der Waals surface area contributed by atoms with E-state index in [4.69, 9.17) is 11.6 Å². The normalized spacial score (nSPS) is 12.2. The molecule has 0 saturated heterocycles. The molecule has 0 aliphatic rings. The van der Waals surface area contributed by atoms with Crippen LogP contribution in [0.15, 0.2) is 24.3 Å². The van der Waals surface area contributed by atoms with Crippen molar-refractivity contribution in [2.24, 2.45) is 0 Å². The van der Waals surface area contributed by atoms with Gasteiger partial charge in [-0.2, -0.15) is 11.8 Å². The third-order valence-electron chi connectivity index (χ3n) is 2.31. The highest BCUT2D eigenvalue weighted by atomic mass is 35.5. The van der Waals surface area contributed by atoms with Crippen LogP contribution < -0.4 is 10.6 Å². The van der Waals surface area contributed by atoms with Crippen LogP contribution in [0.25, 0.3) is 0 Å². The highest BCUT2D eigenvalue weighted by Gasteiger charge is 2.05. The zero-order chi connectivity index (χ0) is 13.4. The van der Waals surface area contributed by atoms with Crippen LogP contribution in [0, 0.1) is 0 Å². The van der Waals surface area contributed by atoms with Gasteiger partial charge in [0.05, 0.1) is 6.54 Å². The zero-order valence-electron chi connectivity index (χ0n) is 10.7. The first-order chi connectivity index (χ1) is 8.61. The lowest BCUT2D eigenvalue weighted by atomic mass is 10.3. The van der Waals surface area contributed by atoms with Crippen molar-refractivity contribution in [2.75, 3.05) is 23.4 Å². The van der Waals surface area contributed by atoms with Crippen molar-refractivity contribution >= 4 is 35.0 Å². The van der Waals surface area contributed by atoms with Crippen LogP contribution >= 0.6 is 23.4 Å². The van der Waals surface area contributed by atoms with Crippen LogP contribution in [0.2, 0.25) is 5.02 Å². The van der Waals surface area contributed by atoms with Crippen molar-refractivity contribution in [3.63, 3.8) is 0 Å². The van der Waals surface area contributed by atoms with Crippen molar-refractivity contribution in [1.29, 1.82) is 0 Å². The van der Waals surface area contributed by atoms with E-state index < -0.39 is 0 Å². The molecule has 0 aliphatic carbocycles. The first-order valence-corrected chi connectivity index (χ1v) is 7.51. The maximum absolute atomic E-state index is 11.7. The van der Waals surface area contributed by atoms with Gasteiger partial charge in [-0.1, -0.05) is 18.5 Å². The molecule has 0 saturated carbocycles. The Morgan fingerprint density at radius 2 is 2.06 bits per heavy atom. The maximum Gasteiger partial charge on any atom is 0.238 e. The minimum Gasteiger partial charge on any atom is -0.325 e. The highest BCUT2D eigenvalue weighted by Crippen LogP contribution is 2.13. The number of amides is 1. The van der Waals surface area contributed by atoms with Gasteiger partial charge in [0, 0.05) is 22.5 Å². The van der Waals surface area contributed by atoms with Crippen LogP contribution in [-0.4, -0.2) is 30.0 Å². The topological polar surface area (TPSA) is 41.1 Å². The average Bonchev–Trinajstić information content (AvgIpc) is 2.36. The molecule has 0 aliphatic heterocycles. The molecule has 0 spiro atoms. The fourth-order valence-electron chi connectivity index (χ4n) is 1.36. The zero-order valence-corrected chi connectivity index (χ0v) is 12.3. The number of benzene rings is 1. The van der Waals surface area contributed by atoms with Gasteiger partial charge in [-0.15, -0.1) is 0 Å². The van der Waals surface area contributed by atoms with E-state index in [0.717, 1.165) is 17.2 Å². The Hall–Kier alpha value is -0.710. The van der Waals surface area contributed by atoms with E-state index in [1.165, 1.54) is 0 Å². The first-order valence-electron chi connectivity index (χ1n) is 5.98. The molecule has 0 heterocycles. The fraction of sp³-hybridized carbons (Fsp3) is 0.462. The number of hydrogen-bond acceptors (Lipinski definition) is 3. The van der Waals surface area contributed by atoms with Crippen molar-refractivity contribution in [1.82, 2.24) is 5.32 Å². The van der Waals surface area contributed by atoms with Gasteiger partial charge < -0.3 is 10.6 Å². The summed E-state index contributed by atoms with van der Waals surface area (Å²) in [5.41, 5.74) is 0.766. The molecule has 0 fully saturated rings. The molecule has 5 heteroatoms. The van der Waals surface area contributed by atoms with E-state index in [1.807, 2.05) is 11.8 Å². The number of thioether (sulfide) groups is 1. The van der Waals surface area contributed by atoms with Crippen molar-refractivity contribution in [2.45, 2.75) is 19.9 Å². The maximum atomic E-state index is 11.7.